The lowest BCUT2D eigenvalue weighted by Crippen LogP contribution is -2.66. The van der Waals surface area contributed by atoms with Gasteiger partial charge in [0.2, 0.25) is 0 Å². The highest BCUT2D eigenvalue weighted by Crippen LogP contribution is 2.77. The first-order chi connectivity index (χ1) is 25.6. The maximum absolute atomic E-state index is 14.1. The van der Waals surface area contributed by atoms with E-state index in [-0.39, 0.29) is 63.8 Å². The van der Waals surface area contributed by atoms with Crippen LogP contribution in [0.5, 0.6) is 0 Å². The minimum absolute atomic E-state index is 0.00700. The van der Waals surface area contributed by atoms with Gasteiger partial charge in [-0.25, -0.2) is 0 Å². The van der Waals surface area contributed by atoms with Crippen molar-refractivity contribution in [2.24, 2.45) is 68.0 Å². The number of rotatable bonds is 8. The number of fused-ring (bicyclic) bond motifs is 7. The molecular formula is C46H66N2O7. The number of ketones is 1. The molecule has 302 valence electrons. The van der Waals surface area contributed by atoms with Gasteiger partial charge in [0.1, 0.15) is 6.10 Å². The molecule has 1 aromatic heterocycles. The van der Waals surface area contributed by atoms with Crippen LogP contribution in [0.3, 0.4) is 0 Å². The molecule has 6 aliphatic carbocycles. The zero-order chi connectivity index (χ0) is 40.3. The van der Waals surface area contributed by atoms with E-state index in [1.807, 2.05) is 20.8 Å². The van der Waals surface area contributed by atoms with Gasteiger partial charge < -0.3 is 20.3 Å². The van der Waals surface area contributed by atoms with E-state index in [0.29, 0.717) is 36.7 Å². The van der Waals surface area contributed by atoms with E-state index >= 15 is 0 Å². The predicted molar refractivity (Wildman–Crippen MR) is 210 cm³/mol. The number of carboxylic acids is 1. The first kappa shape index (κ1) is 40.1. The third kappa shape index (κ3) is 5.73. The van der Waals surface area contributed by atoms with Crippen molar-refractivity contribution >= 4 is 23.6 Å². The molecule has 5 saturated carbocycles. The second-order valence-electron chi connectivity index (χ2n) is 21.1. The highest BCUT2D eigenvalue weighted by atomic mass is 16.5. The molecule has 0 unspecified atom stereocenters. The van der Waals surface area contributed by atoms with Crippen LogP contribution in [-0.4, -0.2) is 57.6 Å². The van der Waals surface area contributed by atoms with Crippen LogP contribution >= 0.6 is 0 Å². The first-order valence-electron chi connectivity index (χ1n) is 21.2. The Kier molecular flexibility index (Phi) is 9.66. The molecule has 7 rings (SSSR count). The van der Waals surface area contributed by atoms with E-state index in [2.05, 4.69) is 58.8 Å². The van der Waals surface area contributed by atoms with E-state index < -0.39 is 34.7 Å². The SMILES string of the molecule is Cc1ccc(C(=O)NC[C@H](O)[C@@]23CC[C@]4(C)[C@H](CC[C@@H]5[C@@]6(C)CC[C@H](OC(=O)[C@H]7C[C@@H](C(=O)O)C7(C)C)C(C)(C)[C@@H]6CC[C@]54C)C2=C(C(C)C)C(=O)C3)cn1. The summed E-state index contributed by atoms with van der Waals surface area (Å²) in [6.07, 6.45) is 8.61. The monoisotopic (exact) mass is 758 g/mol. The van der Waals surface area contributed by atoms with Crippen LogP contribution in [0.1, 0.15) is 143 Å². The number of aryl methyl sites for hydroxylation is 1. The number of hydrogen-bond acceptors (Lipinski definition) is 7. The van der Waals surface area contributed by atoms with Crippen LogP contribution in [-0.2, 0) is 19.1 Å². The number of aliphatic hydroxyl groups is 1. The number of nitrogens with zero attached hydrogens (tertiary/aromatic N) is 1. The summed E-state index contributed by atoms with van der Waals surface area (Å²) in [4.78, 5) is 56.8. The third-order valence-electron chi connectivity index (χ3n) is 17.8. The predicted octanol–water partition coefficient (Wildman–Crippen LogP) is 8.12. The summed E-state index contributed by atoms with van der Waals surface area (Å²) in [6.45, 7) is 22.1. The molecular weight excluding hydrogens is 693 g/mol. The number of carbonyl (C=O) groups excluding carboxylic acids is 3. The maximum Gasteiger partial charge on any atom is 0.309 e. The van der Waals surface area contributed by atoms with Crippen LogP contribution in [0.25, 0.3) is 0 Å². The van der Waals surface area contributed by atoms with E-state index in [1.165, 1.54) is 5.57 Å². The van der Waals surface area contributed by atoms with Gasteiger partial charge in [-0.05, 0) is 128 Å². The van der Waals surface area contributed by atoms with Gasteiger partial charge in [0.05, 0.1) is 23.5 Å². The Morgan fingerprint density at radius 2 is 1.60 bits per heavy atom. The molecule has 3 N–H and O–H groups in total. The molecule has 1 amide bonds. The van der Waals surface area contributed by atoms with Gasteiger partial charge in [-0.2, -0.15) is 0 Å². The van der Waals surface area contributed by atoms with Crippen LogP contribution in [0, 0.1) is 74.9 Å². The fourth-order valence-electron chi connectivity index (χ4n) is 14.3. The number of allylic oxidation sites excluding steroid dienone is 1. The minimum atomic E-state index is -0.882. The fraction of sp³-hybridized carbons (Fsp3) is 0.761. The van der Waals surface area contributed by atoms with E-state index in [9.17, 15) is 29.4 Å². The molecule has 0 spiro atoms. The average Bonchev–Trinajstić information content (AvgIpc) is 3.41. The van der Waals surface area contributed by atoms with Crippen molar-refractivity contribution in [1.29, 1.82) is 0 Å². The molecule has 0 aromatic carbocycles. The summed E-state index contributed by atoms with van der Waals surface area (Å²) in [5.74, 6) is -1.07. The number of nitrogens with one attached hydrogen (secondary N) is 1. The van der Waals surface area contributed by atoms with Gasteiger partial charge in [-0.3, -0.25) is 24.2 Å². The van der Waals surface area contributed by atoms with Gasteiger partial charge in [0, 0.05) is 35.7 Å². The molecule has 9 heteroatoms. The zero-order valence-corrected chi connectivity index (χ0v) is 35.0. The quantitative estimate of drug-likeness (QED) is 0.226. The number of ether oxygens (including phenoxy) is 1. The number of aromatic nitrogens is 1. The molecule has 6 aliphatic rings. The van der Waals surface area contributed by atoms with E-state index in [0.717, 1.165) is 56.2 Å². The van der Waals surface area contributed by atoms with Crippen molar-refractivity contribution in [1.82, 2.24) is 10.3 Å². The Morgan fingerprint density at radius 1 is 0.891 bits per heavy atom. The lowest BCUT2D eigenvalue weighted by atomic mass is 9.33. The zero-order valence-electron chi connectivity index (χ0n) is 35.0. The number of hydrogen-bond donors (Lipinski definition) is 3. The lowest BCUT2D eigenvalue weighted by Gasteiger charge is -2.72. The summed E-state index contributed by atoms with van der Waals surface area (Å²) >= 11 is 0. The summed E-state index contributed by atoms with van der Waals surface area (Å²) < 4.78 is 6.40. The summed E-state index contributed by atoms with van der Waals surface area (Å²) in [6, 6.07) is 3.55. The number of aliphatic hydroxyl groups excluding tert-OH is 1. The summed E-state index contributed by atoms with van der Waals surface area (Å²) in [5, 5.41) is 24.8. The van der Waals surface area contributed by atoms with E-state index in [4.69, 9.17) is 4.74 Å². The van der Waals surface area contributed by atoms with Gasteiger partial charge >= 0.3 is 11.9 Å². The molecule has 0 bridgehead atoms. The number of carbonyl (C=O) groups is 4. The summed E-state index contributed by atoms with van der Waals surface area (Å²) in [5.41, 5.74) is 1.82. The van der Waals surface area contributed by atoms with Crippen molar-refractivity contribution in [3.05, 3.63) is 40.7 Å². The molecule has 0 radical (unpaired) electrons. The highest BCUT2D eigenvalue weighted by Gasteiger charge is 2.71. The Bertz CT molecular complexity index is 1800. The number of aliphatic carboxylic acids is 1. The third-order valence-corrected chi connectivity index (χ3v) is 17.8. The minimum Gasteiger partial charge on any atom is -0.481 e. The molecule has 55 heavy (non-hydrogen) atoms. The average molecular weight is 759 g/mol. The van der Waals surface area contributed by atoms with Gasteiger partial charge in [-0.1, -0.05) is 67.9 Å². The van der Waals surface area contributed by atoms with Crippen molar-refractivity contribution < 1.29 is 34.1 Å². The van der Waals surface area contributed by atoms with Gasteiger partial charge in [0.15, 0.2) is 5.78 Å². The standard InChI is InChI=1S/C46H66N2O7/c1-25(2)36-31(49)22-46(34(50)24-48-38(51)27-12-11-26(3)47-23-27)20-19-44(9)28(37(36)46)13-14-33-43(8)17-16-35(42(6,7)32(43)15-18-45(33,44)10)55-40(54)30-21-29(39(52)53)41(30,4)5/h11-12,23,25,28-30,32-35,50H,13-22,24H2,1-10H3,(H,48,51)(H,52,53)/t28-,29+,30-,32+,33-,34+,35+,43+,44-,45-,46+/m1/s1. The normalized spacial score (nSPS) is 40.5. The second kappa shape index (κ2) is 13.2. The smallest absolute Gasteiger partial charge is 0.309 e. The van der Waals surface area contributed by atoms with Crippen LogP contribution in [0.2, 0.25) is 0 Å². The second-order valence-corrected chi connectivity index (χ2v) is 21.1. The van der Waals surface area contributed by atoms with E-state index in [1.54, 1.807) is 18.3 Å². The fourth-order valence-corrected chi connectivity index (χ4v) is 14.3. The number of amides is 1. The largest absolute Gasteiger partial charge is 0.481 e. The topological polar surface area (TPSA) is 143 Å². The number of esters is 1. The van der Waals surface area contributed by atoms with Crippen molar-refractivity contribution in [3.8, 4) is 0 Å². The van der Waals surface area contributed by atoms with Crippen molar-refractivity contribution in [3.63, 3.8) is 0 Å². The van der Waals surface area contributed by atoms with Crippen LogP contribution in [0.4, 0.5) is 0 Å². The molecule has 1 heterocycles. The Labute approximate surface area is 328 Å². The van der Waals surface area contributed by atoms with Crippen molar-refractivity contribution in [2.45, 2.75) is 146 Å². The molecule has 5 fully saturated rings. The van der Waals surface area contributed by atoms with Gasteiger partial charge in [-0.15, -0.1) is 0 Å². The summed E-state index contributed by atoms with van der Waals surface area (Å²) in [7, 11) is 0. The molecule has 1 aromatic rings. The molecule has 9 nitrogen and oxygen atoms in total. The maximum atomic E-state index is 14.1. The number of Topliss-reactive ketones (excluding diaryl/α,β-unsaturated/α-hetero) is 1. The number of carboxylic acid groups (broad SMARTS) is 1. The van der Waals surface area contributed by atoms with Crippen LogP contribution in [0.15, 0.2) is 29.5 Å². The Hall–Kier alpha value is -3.07. The molecule has 11 atom stereocenters. The Morgan fingerprint density at radius 3 is 2.22 bits per heavy atom. The highest BCUT2D eigenvalue weighted by molar-refractivity contribution is 6.01. The lowest BCUT2D eigenvalue weighted by molar-refractivity contribution is -0.238. The number of pyridine rings is 1. The van der Waals surface area contributed by atoms with Gasteiger partial charge in [0.25, 0.3) is 5.91 Å². The van der Waals surface area contributed by atoms with Crippen molar-refractivity contribution in [2.75, 3.05) is 6.54 Å². The molecule has 0 saturated heterocycles. The van der Waals surface area contributed by atoms with Crippen LogP contribution < -0.4 is 5.32 Å². The Balaban J connectivity index is 1.13. The molecule has 0 aliphatic heterocycles. The first-order valence-corrected chi connectivity index (χ1v) is 21.2.